The zero-order chi connectivity index (χ0) is 18.6. The van der Waals surface area contributed by atoms with Gasteiger partial charge in [0.15, 0.2) is 11.5 Å². The maximum atomic E-state index is 12.6. The highest BCUT2D eigenvalue weighted by Gasteiger charge is 2.37. The van der Waals surface area contributed by atoms with Gasteiger partial charge in [0.25, 0.3) is 5.91 Å². The zero-order valence-electron chi connectivity index (χ0n) is 13.6. The van der Waals surface area contributed by atoms with Gasteiger partial charge in [-0.3, -0.25) is 9.69 Å². The van der Waals surface area contributed by atoms with Crippen molar-refractivity contribution in [2.45, 2.75) is 12.5 Å². The third kappa shape index (κ3) is 4.47. The number of thiocarbonyl (C=S) groups is 1. The van der Waals surface area contributed by atoms with Gasteiger partial charge in [0.1, 0.15) is 4.32 Å². The number of benzene rings is 1. The molecule has 1 aliphatic rings. The first-order valence-electron chi connectivity index (χ1n) is 7.23. The molecule has 1 amide bonds. The van der Waals surface area contributed by atoms with Crippen LogP contribution in [0.2, 0.25) is 0 Å². The highest BCUT2D eigenvalue weighted by Crippen LogP contribution is 2.36. The van der Waals surface area contributed by atoms with Gasteiger partial charge in [-0.05, 0) is 42.2 Å². The van der Waals surface area contributed by atoms with Crippen molar-refractivity contribution in [3.8, 4) is 11.5 Å². The van der Waals surface area contributed by atoms with Crippen molar-refractivity contribution >= 4 is 58.0 Å². The summed E-state index contributed by atoms with van der Waals surface area (Å²) in [6.07, 6.45) is 3.67. The Hall–Kier alpha value is -1.71. The highest BCUT2D eigenvalue weighted by atomic mass is 32.2. The van der Waals surface area contributed by atoms with Crippen LogP contribution in [0.5, 0.6) is 11.5 Å². The number of aromatic hydroxyl groups is 1. The monoisotopic (exact) mass is 398 g/mol. The Balaban J connectivity index is 2.27. The summed E-state index contributed by atoms with van der Waals surface area (Å²) in [6.45, 7) is 0. The van der Waals surface area contributed by atoms with Crippen molar-refractivity contribution in [1.82, 2.24) is 4.90 Å². The number of phenolic OH excluding ortho intramolecular Hbond substituents is 1. The van der Waals surface area contributed by atoms with Crippen molar-refractivity contribution < 1.29 is 24.5 Å². The van der Waals surface area contributed by atoms with Crippen LogP contribution >= 0.6 is 35.7 Å². The molecule has 1 atom stereocenters. The average molecular weight is 399 g/mol. The minimum Gasteiger partial charge on any atom is -0.548 e. The van der Waals surface area contributed by atoms with Crippen molar-refractivity contribution in [3.05, 3.63) is 28.7 Å². The van der Waals surface area contributed by atoms with Crippen LogP contribution in [0.3, 0.4) is 0 Å². The maximum absolute atomic E-state index is 12.6. The van der Waals surface area contributed by atoms with Crippen LogP contribution < -0.4 is 9.84 Å². The standard InChI is InChI=1S/C16H17NO5S3/c1-22-12-4-3-9(7-11(12)18)8-13-14(19)17(16(23)25-13)10(15(20)21)5-6-24-2/h3-4,7-8,10,18H,5-6H2,1-2H3,(H,20,21)/p-1/b13-8-/t10-/m0/s1. The highest BCUT2D eigenvalue weighted by molar-refractivity contribution is 8.26. The quantitative estimate of drug-likeness (QED) is 0.546. The van der Waals surface area contributed by atoms with Gasteiger partial charge in [0.2, 0.25) is 0 Å². The molecule has 0 spiro atoms. The van der Waals surface area contributed by atoms with Gasteiger partial charge in [-0.25, -0.2) is 0 Å². The number of phenols is 1. The van der Waals surface area contributed by atoms with E-state index in [-0.39, 0.29) is 16.5 Å². The summed E-state index contributed by atoms with van der Waals surface area (Å²) < 4.78 is 5.16. The molecule has 1 fully saturated rings. The summed E-state index contributed by atoms with van der Waals surface area (Å²) in [4.78, 5) is 25.4. The fourth-order valence-corrected chi connectivity index (χ4v) is 4.09. The molecule has 2 rings (SSSR count). The molecule has 25 heavy (non-hydrogen) atoms. The molecule has 0 bridgehead atoms. The average Bonchev–Trinajstić information content (AvgIpc) is 2.83. The number of aliphatic carboxylic acids is 1. The van der Waals surface area contributed by atoms with E-state index in [0.29, 0.717) is 22.0 Å². The van der Waals surface area contributed by atoms with Crippen LogP contribution in [0.15, 0.2) is 23.1 Å². The lowest BCUT2D eigenvalue weighted by molar-refractivity contribution is -0.310. The van der Waals surface area contributed by atoms with Gasteiger partial charge in [-0.2, -0.15) is 11.8 Å². The summed E-state index contributed by atoms with van der Waals surface area (Å²) in [6, 6.07) is 3.62. The van der Waals surface area contributed by atoms with E-state index in [2.05, 4.69) is 0 Å². The lowest BCUT2D eigenvalue weighted by Gasteiger charge is -2.27. The number of carboxylic acids is 1. The van der Waals surface area contributed by atoms with E-state index in [1.807, 2.05) is 6.26 Å². The first-order valence-corrected chi connectivity index (χ1v) is 9.84. The van der Waals surface area contributed by atoms with Crippen LogP contribution in [0.4, 0.5) is 0 Å². The third-order valence-electron chi connectivity index (χ3n) is 3.50. The van der Waals surface area contributed by atoms with Crippen LogP contribution in [-0.4, -0.2) is 51.4 Å². The van der Waals surface area contributed by atoms with E-state index >= 15 is 0 Å². The van der Waals surface area contributed by atoms with Gasteiger partial charge in [-0.1, -0.05) is 30.0 Å². The van der Waals surface area contributed by atoms with E-state index < -0.39 is 17.9 Å². The molecule has 0 radical (unpaired) electrons. The number of carbonyl (C=O) groups excluding carboxylic acids is 2. The number of ether oxygens (including phenoxy) is 1. The largest absolute Gasteiger partial charge is 0.548 e. The predicted molar refractivity (Wildman–Crippen MR) is 101 cm³/mol. The van der Waals surface area contributed by atoms with Crippen molar-refractivity contribution in [2.24, 2.45) is 0 Å². The number of carboxylic acid groups (broad SMARTS) is 1. The van der Waals surface area contributed by atoms with Crippen molar-refractivity contribution in [2.75, 3.05) is 19.1 Å². The maximum Gasteiger partial charge on any atom is 0.266 e. The van der Waals surface area contributed by atoms with Gasteiger partial charge < -0.3 is 19.7 Å². The molecular formula is C16H16NO5S3-. The minimum atomic E-state index is -1.33. The van der Waals surface area contributed by atoms with E-state index in [4.69, 9.17) is 17.0 Å². The van der Waals surface area contributed by atoms with Crippen molar-refractivity contribution in [1.29, 1.82) is 0 Å². The second-order valence-electron chi connectivity index (χ2n) is 5.10. The third-order valence-corrected chi connectivity index (χ3v) is 5.48. The van der Waals surface area contributed by atoms with E-state index in [0.717, 1.165) is 16.7 Å². The molecule has 9 heteroatoms. The molecule has 0 aliphatic carbocycles. The molecule has 6 nitrogen and oxygen atoms in total. The van der Waals surface area contributed by atoms with Crippen molar-refractivity contribution in [3.63, 3.8) is 0 Å². The van der Waals surface area contributed by atoms with Gasteiger partial charge in [-0.15, -0.1) is 0 Å². The first-order chi connectivity index (χ1) is 11.9. The Labute approximate surface area is 159 Å². The molecule has 1 N–H and O–H groups in total. The van der Waals surface area contributed by atoms with E-state index in [9.17, 15) is 19.8 Å². The first kappa shape index (κ1) is 19.6. The number of thioether (sulfide) groups is 2. The van der Waals surface area contributed by atoms with Crippen LogP contribution in [0, 0.1) is 0 Å². The number of hydrogen-bond acceptors (Lipinski definition) is 8. The SMILES string of the molecule is COc1ccc(/C=C2\SC(=S)N([C@@H](CCSC)C(=O)[O-])C2=O)cc1O. The van der Waals surface area contributed by atoms with Gasteiger partial charge in [0, 0.05) is 0 Å². The lowest BCUT2D eigenvalue weighted by Crippen LogP contribution is -2.50. The van der Waals surface area contributed by atoms with E-state index in [1.54, 1.807) is 18.2 Å². The predicted octanol–water partition coefficient (Wildman–Crippen LogP) is 1.47. The smallest absolute Gasteiger partial charge is 0.266 e. The van der Waals surface area contributed by atoms with Gasteiger partial charge in [0.05, 0.1) is 24.0 Å². The summed E-state index contributed by atoms with van der Waals surface area (Å²) in [7, 11) is 1.44. The fraction of sp³-hybridized carbons (Fsp3) is 0.312. The molecule has 0 aromatic heterocycles. The lowest BCUT2D eigenvalue weighted by atomic mass is 10.1. The Kier molecular flexibility index (Phi) is 6.74. The van der Waals surface area contributed by atoms with Crippen LogP contribution in [0.25, 0.3) is 6.08 Å². The number of methoxy groups -OCH3 is 1. The normalized spacial score (nSPS) is 17.2. The van der Waals surface area contributed by atoms with Crippen LogP contribution in [-0.2, 0) is 9.59 Å². The second kappa shape index (κ2) is 8.59. The molecule has 0 unspecified atom stereocenters. The van der Waals surface area contributed by atoms with E-state index in [1.165, 1.54) is 24.9 Å². The summed E-state index contributed by atoms with van der Waals surface area (Å²) in [5.41, 5.74) is 0.577. The molecule has 0 saturated carbocycles. The summed E-state index contributed by atoms with van der Waals surface area (Å²) >= 11 is 7.70. The zero-order valence-corrected chi connectivity index (χ0v) is 16.0. The van der Waals surface area contributed by atoms with Gasteiger partial charge >= 0.3 is 0 Å². The minimum absolute atomic E-state index is 0.0562. The molecule has 1 heterocycles. The topological polar surface area (TPSA) is 89.9 Å². The number of nitrogens with zero attached hydrogens (tertiary/aromatic N) is 1. The number of rotatable bonds is 7. The Morgan fingerprint density at radius 3 is 2.84 bits per heavy atom. The number of hydrogen-bond donors (Lipinski definition) is 1. The summed E-state index contributed by atoms with van der Waals surface area (Å²) in [5.74, 6) is -0.964. The molecule has 1 aromatic rings. The molecule has 1 aliphatic heterocycles. The Bertz CT molecular complexity index is 734. The molecular weight excluding hydrogens is 382 g/mol. The van der Waals surface area contributed by atoms with Crippen LogP contribution in [0.1, 0.15) is 12.0 Å². The Morgan fingerprint density at radius 2 is 2.28 bits per heavy atom. The second-order valence-corrected chi connectivity index (χ2v) is 7.76. The molecule has 1 aromatic carbocycles. The number of amides is 1. The number of carbonyl (C=O) groups is 2. The Morgan fingerprint density at radius 1 is 1.56 bits per heavy atom. The summed E-state index contributed by atoms with van der Waals surface area (Å²) in [5, 5.41) is 21.2. The molecule has 1 saturated heterocycles. The molecule has 134 valence electrons. The fourth-order valence-electron chi connectivity index (χ4n) is 2.28.